The fourth-order valence-electron chi connectivity index (χ4n) is 9.99. The molecule has 2 aromatic carbocycles. The smallest absolute Gasteiger partial charge is 0.186 e. The molecule has 6 rings (SSSR count). The largest absolute Gasteiger partial charge is 0.289 e. The first-order valence-electron chi connectivity index (χ1n) is 28.1. The van der Waals surface area contributed by atoms with Crippen molar-refractivity contribution >= 4 is 35.7 Å². The van der Waals surface area contributed by atoms with Crippen molar-refractivity contribution in [1.82, 2.24) is 0 Å². The third kappa shape index (κ3) is 16.7. The van der Waals surface area contributed by atoms with Crippen LogP contribution in [0.3, 0.4) is 0 Å². The molecule has 0 unspecified atom stereocenters. The zero-order valence-corrected chi connectivity index (χ0v) is 53.0. The van der Waals surface area contributed by atoms with Crippen molar-refractivity contribution < 1.29 is 14.4 Å². The van der Waals surface area contributed by atoms with Gasteiger partial charge in [0.25, 0.3) is 0 Å². The van der Waals surface area contributed by atoms with Crippen molar-refractivity contribution in [3.05, 3.63) is 192 Å². The molecule has 418 valence electrons. The molecule has 0 bridgehead atoms. The molecule has 0 amide bonds. The van der Waals surface area contributed by atoms with Crippen molar-refractivity contribution in [1.29, 1.82) is 0 Å². The fraction of sp³-hybridized carbons (Fsp3) is 0.466. The van der Waals surface area contributed by atoms with Gasteiger partial charge in [-0.1, -0.05) is 225 Å². The first-order valence-corrected chi connectivity index (χ1v) is 28.1. The molecular weight excluding hydrogens is 953 g/mol. The Labute approximate surface area is 473 Å². The van der Waals surface area contributed by atoms with Crippen LogP contribution in [-0.2, 0) is 19.8 Å². The second-order valence-electron chi connectivity index (χ2n) is 29.3. The normalized spacial score (nSPS) is 17.9. The number of azo groups is 1. The van der Waals surface area contributed by atoms with Crippen LogP contribution >= 0.6 is 0 Å². The Morgan fingerprint density at radius 3 is 1.18 bits per heavy atom. The van der Waals surface area contributed by atoms with Crippen LogP contribution in [0.2, 0.25) is 0 Å². The Bertz CT molecular complexity index is 3050. The van der Waals surface area contributed by atoms with Crippen LogP contribution in [0.5, 0.6) is 0 Å². The minimum Gasteiger partial charge on any atom is -0.289 e. The Balaban J connectivity index is 0.000000254. The van der Waals surface area contributed by atoms with Crippen molar-refractivity contribution in [2.75, 3.05) is 0 Å². The van der Waals surface area contributed by atoms with Crippen LogP contribution < -0.4 is 10.4 Å². The fourth-order valence-corrected chi connectivity index (χ4v) is 9.99. The maximum Gasteiger partial charge on any atom is 0.186 e. The summed E-state index contributed by atoms with van der Waals surface area (Å²) in [6.45, 7) is 61.9. The predicted octanol–water partition coefficient (Wildman–Crippen LogP) is 18.6. The Morgan fingerprint density at radius 1 is 0.436 bits per heavy atom. The van der Waals surface area contributed by atoms with Crippen molar-refractivity contribution in [3.8, 4) is 0 Å². The van der Waals surface area contributed by atoms with Crippen LogP contribution in [0, 0.1) is 58.2 Å². The first kappa shape index (κ1) is 64.5. The van der Waals surface area contributed by atoms with Crippen LogP contribution in [0.25, 0.3) is 12.7 Å². The van der Waals surface area contributed by atoms with E-state index in [-0.39, 0.29) is 67.1 Å². The minimum absolute atomic E-state index is 0.0503. The molecular formula is C73H98N2O3. The van der Waals surface area contributed by atoms with E-state index in [4.69, 9.17) is 0 Å². The zero-order valence-electron chi connectivity index (χ0n) is 53.0. The molecule has 78 heavy (non-hydrogen) atoms. The molecule has 5 heteroatoms. The molecule has 0 atom stereocenters. The highest BCUT2D eigenvalue weighted by Crippen LogP contribution is 2.47. The van der Waals surface area contributed by atoms with Gasteiger partial charge in [-0.25, -0.2) is 0 Å². The van der Waals surface area contributed by atoms with Crippen LogP contribution in [0.15, 0.2) is 175 Å². The number of rotatable bonds is 4. The van der Waals surface area contributed by atoms with E-state index in [1.54, 1.807) is 6.20 Å². The molecule has 0 aliphatic heterocycles. The summed E-state index contributed by atoms with van der Waals surface area (Å²) in [4.78, 5) is 38.0. The van der Waals surface area contributed by atoms with Gasteiger partial charge in [-0.05, 0) is 163 Å². The van der Waals surface area contributed by atoms with E-state index in [0.717, 1.165) is 55.5 Å². The van der Waals surface area contributed by atoms with E-state index in [1.165, 1.54) is 38.6 Å². The highest BCUT2D eigenvalue weighted by molar-refractivity contribution is 6.12. The number of hydrogen-bond donors (Lipinski definition) is 0. The zero-order chi connectivity index (χ0) is 59.6. The number of carbonyl (C=O) groups excluding carboxylic acids is 3. The molecule has 0 fully saturated rings. The summed E-state index contributed by atoms with van der Waals surface area (Å²) in [6, 6.07) is 12.3. The summed E-state index contributed by atoms with van der Waals surface area (Å²) in [7, 11) is 0. The lowest BCUT2D eigenvalue weighted by atomic mass is 9.67. The van der Waals surface area contributed by atoms with Crippen molar-refractivity contribution in [3.63, 3.8) is 0 Å². The summed E-state index contributed by atoms with van der Waals surface area (Å²) in [6.07, 6.45) is 23.0. The van der Waals surface area contributed by atoms with Crippen molar-refractivity contribution in [2.24, 2.45) is 54.6 Å². The highest BCUT2D eigenvalue weighted by atomic mass is 16.1. The van der Waals surface area contributed by atoms with Gasteiger partial charge in [0.2, 0.25) is 0 Å². The maximum atomic E-state index is 13.1. The standard InChI is InChI=1S/C28H38O.C23H32O.C22H28N2O/c1-18-14-20(15-22(19(18)2)26(3,4)5)12-13-21-16-23(27(6,7)8)25(29)24(17-21)28(9,10)11;1-14-10-17(11-15(2)21(14)24)18-12-19(22(4,5)6)16(3)20(13-18)23(7,8)9;1-15-8-10-17(11-9-15)24-23-14-16-12-18(21(2,3)4)20(25)19(13-16)22(5,6)7/h12-17H,2H2,1,3-11H3;10-13,17-18H,3H2,1-2,4-9H3;8-14H,1-7H3/b20-12-;;. The van der Waals surface area contributed by atoms with Gasteiger partial charge in [-0.3, -0.25) is 14.4 Å². The minimum atomic E-state index is -0.213. The van der Waals surface area contributed by atoms with Crippen molar-refractivity contribution in [2.45, 2.75) is 179 Å². The number of nitrogens with zero attached hydrogens (tertiary/aromatic N) is 2. The van der Waals surface area contributed by atoms with E-state index in [9.17, 15) is 14.4 Å². The van der Waals surface area contributed by atoms with E-state index >= 15 is 0 Å². The number of aryl methyl sites for hydroxylation is 2. The summed E-state index contributed by atoms with van der Waals surface area (Å²) >= 11 is 0. The summed E-state index contributed by atoms with van der Waals surface area (Å²) in [5.41, 5.74) is 14.8. The van der Waals surface area contributed by atoms with Crippen LogP contribution in [0.1, 0.15) is 176 Å². The molecule has 2 aromatic rings. The topological polar surface area (TPSA) is 75.9 Å². The molecule has 0 saturated heterocycles. The molecule has 4 aliphatic carbocycles. The highest BCUT2D eigenvalue weighted by Gasteiger charge is 2.37. The van der Waals surface area contributed by atoms with Gasteiger partial charge in [0, 0.05) is 34.1 Å². The van der Waals surface area contributed by atoms with Gasteiger partial charge in [0.1, 0.15) is 0 Å². The third-order valence-electron chi connectivity index (χ3n) is 14.7. The molecule has 0 aromatic heterocycles. The number of allylic oxidation sites excluding steroid dienone is 20. The molecule has 0 spiro atoms. The van der Waals surface area contributed by atoms with Crippen LogP contribution in [0.4, 0.5) is 5.69 Å². The lowest BCUT2D eigenvalue weighted by molar-refractivity contribution is -0.114. The Morgan fingerprint density at radius 2 is 0.808 bits per heavy atom. The average Bonchev–Trinajstić information content (AvgIpc) is 3.27. The summed E-state index contributed by atoms with van der Waals surface area (Å²) in [5.74, 6) is 0.996. The second kappa shape index (κ2) is 23.7. The SMILES string of the molecule is C=C1C(C(C)(C)C)=CC(C2C=C(C)C(=O)C(C)=C2)C=C1C(C)(C)C.C=c1c(C)c/c(=C/C=C2C=C(C(C)(C)C)C(=O)C(C(C)(C)C)=C2)cc1C(C)(C)C.Cc1ccc(N=NC=C2C=C(C(C)(C)C)C(=O)C(C(C)(C)C)=C2)cc1. The molecule has 0 heterocycles. The Kier molecular flexibility index (Phi) is 19.6. The molecule has 0 saturated carbocycles. The number of Topliss-reactive ketones (excluding diaryl/α,β-unsaturated/α-hetero) is 3. The molecule has 4 aliphatic rings. The van der Waals surface area contributed by atoms with Gasteiger partial charge in [-0.2, -0.15) is 10.2 Å². The molecule has 0 radical (unpaired) electrons. The first-order chi connectivity index (χ1) is 35.3. The monoisotopic (exact) mass is 1050 g/mol. The second-order valence-corrected chi connectivity index (χ2v) is 29.3. The van der Waals surface area contributed by atoms with E-state index in [2.05, 4.69) is 236 Å². The lowest BCUT2D eigenvalue weighted by Gasteiger charge is -2.38. The number of hydrogen-bond acceptors (Lipinski definition) is 5. The van der Waals surface area contributed by atoms with Gasteiger partial charge >= 0.3 is 0 Å². The quantitative estimate of drug-likeness (QED) is 0.286. The van der Waals surface area contributed by atoms with Gasteiger partial charge in [0.15, 0.2) is 17.3 Å². The predicted molar refractivity (Wildman–Crippen MR) is 335 cm³/mol. The van der Waals surface area contributed by atoms with Gasteiger partial charge < -0.3 is 0 Å². The molecule has 5 nitrogen and oxygen atoms in total. The van der Waals surface area contributed by atoms with E-state index in [1.807, 2.05) is 57.2 Å². The summed E-state index contributed by atoms with van der Waals surface area (Å²) < 4.78 is 0. The van der Waals surface area contributed by atoms with Gasteiger partial charge in [-0.15, -0.1) is 0 Å². The third-order valence-corrected chi connectivity index (χ3v) is 14.7. The van der Waals surface area contributed by atoms with E-state index in [0.29, 0.717) is 0 Å². The Hall–Kier alpha value is -6.07. The maximum absolute atomic E-state index is 13.1. The van der Waals surface area contributed by atoms with Crippen LogP contribution in [-0.4, -0.2) is 17.3 Å². The summed E-state index contributed by atoms with van der Waals surface area (Å²) in [5, 5.41) is 10.7. The number of ketones is 3. The average molecular weight is 1050 g/mol. The lowest BCUT2D eigenvalue weighted by Crippen LogP contribution is -2.28. The molecule has 0 N–H and O–H groups in total. The number of benzene rings is 2. The van der Waals surface area contributed by atoms with Gasteiger partial charge in [0.05, 0.1) is 11.9 Å². The van der Waals surface area contributed by atoms with E-state index < -0.39 is 0 Å². The number of carbonyl (C=O) groups is 3.